The standard InChI is InChI=1S/C19H21FN6O/c1-13(26-11-5-9-21-26)19(27)22-14-7-8-16(20)15(12-14)18-24-23-17-6-3-2-4-10-25(17)18/h5,7-9,11-13H,2-4,6,10H2,1H3,(H,22,27). The monoisotopic (exact) mass is 368 g/mol. The van der Waals surface area contributed by atoms with Crippen molar-refractivity contribution in [3.8, 4) is 11.4 Å². The Labute approximate surface area is 156 Å². The summed E-state index contributed by atoms with van der Waals surface area (Å²) in [7, 11) is 0. The second-order valence-electron chi connectivity index (χ2n) is 6.75. The third-order valence-corrected chi connectivity index (χ3v) is 4.89. The van der Waals surface area contributed by atoms with E-state index in [0.717, 1.165) is 38.1 Å². The van der Waals surface area contributed by atoms with Crippen molar-refractivity contribution < 1.29 is 9.18 Å². The number of nitrogens with one attached hydrogen (secondary N) is 1. The van der Waals surface area contributed by atoms with Gasteiger partial charge in [-0.05, 0) is 44.0 Å². The molecule has 2 aromatic heterocycles. The van der Waals surface area contributed by atoms with Crippen LogP contribution in [0.4, 0.5) is 10.1 Å². The number of hydrogen-bond acceptors (Lipinski definition) is 4. The Bertz CT molecular complexity index is 949. The molecule has 7 nitrogen and oxygen atoms in total. The van der Waals surface area contributed by atoms with Gasteiger partial charge in [-0.25, -0.2) is 4.39 Å². The lowest BCUT2D eigenvalue weighted by Gasteiger charge is -2.14. The largest absolute Gasteiger partial charge is 0.324 e. The molecule has 0 saturated carbocycles. The number of fused-ring (bicyclic) bond motifs is 1. The zero-order valence-corrected chi connectivity index (χ0v) is 15.1. The fraction of sp³-hybridized carbons (Fsp3) is 0.368. The molecule has 1 aromatic carbocycles. The van der Waals surface area contributed by atoms with Crippen LogP contribution in [-0.2, 0) is 17.8 Å². The smallest absolute Gasteiger partial charge is 0.248 e. The van der Waals surface area contributed by atoms with Crippen molar-refractivity contribution in [1.82, 2.24) is 24.5 Å². The summed E-state index contributed by atoms with van der Waals surface area (Å²) < 4.78 is 18.1. The number of amides is 1. The lowest BCUT2D eigenvalue weighted by molar-refractivity contribution is -0.119. The predicted octanol–water partition coefficient (Wildman–Crippen LogP) is 3.21. The van der Waals surface area contributed by atoms with Crippen LogP contribution in [0.5, 0.6) is 0 Å². The van der Waals surface area contributed by atoms with Gasteiger partial charge >= 0.3 is 0 Å². The van der Waals surface area contributed by atoms with Gasteiger partial charge in [0.1, 0.15) is 17.7 Å². The number of aromatic nitrogens is 5. The van der Waals surface area contributed by atoms with Gasteiger partial charge in [0.05, 0.1) is 5.56 Å². The SMILES string of the molecule is CC(C(=O)Nc1ccc(F)c(-c2nnc3n2CCCCC3)c1)n1cccn1. The number of rotatable bonds is 4. The number of carbonyl (C=O) groups excluding carboxylic acids is 1. The molecule has 0 aliphatic carbocycles. The zero-order chi connectivity index (χ0) is 18.8. The molecule has 0 fully saturated rings. The van der Waals surface area contributed by atoms with E-state index in [1.54, 1.807) is 42.2 Å². The summed E-state index contributed by atoms with van der Waals surface area (Å²) in [5.74, 6) is 0.799. The predicted molar refractivity (Wildman–Crippen MR) is 98.5 cm³/mol. The van der Waals surface area contributed by atoms with Crippen LogP contribution in [0.25, 0.3) is 11.4 Å². The van der Waals surface area contributed by atoms with Crippen LogP contribution in [0.2, 0.25) is 0 Å². The Morgan fingerprint density at radius 3 is 2.96 bits per heavy atom. The number of hydrogen-bond donors (Lipinski definition) is 1. The second-order valence-corrected chi connectivity index (χ2v) is 6.75. The first kappa shape index (κ1) is 17.4. The average molecular weight is 368 g/mol. The summed E-state index contributed by atoms with van der Waals surface area (Å²) in [5.41, 5.74) is 0.863. The number of carbonyl (C=O) groups is 1. The Morgan fingerprint density at radius 2 is 2.15 bits per heavy atom. The lowest BCUT2D eigenvalue weighted by Crippen LogP contribution is -2.24. The first-order valence-electron chi connectivity index (χ1n) is 9.15. The van der Waals surface area contributed by atoms with Crippen LogP contribution in [0.3, 0.4) is 0 Å². The molecular formula is C19H21FN6O. The molecule has 1 amide bonds. The van der Waals surface area contributed by atoms with Gasteiger partial charge in [0.2, 0.25) is 5.91 Å². The molecule has 1 N–H and O–H groups in total. The Kier molecular flexibility index (Phi) is 4.70. The van der Waals surface area contributed by atoms with E-state index in [1.165, 1.54) is 6.07 Å². The van der Waals surface area contributed by atoms with Gasteiger partial charge in [-0.2, -0.15) is 5.10 Å². The van der Waals surface area contributed by atoms with E-state index >= 15 is 0 Å². The minimum absolute atomic E-state index is 0.226. The van der Waals surface area contributed by atoms with E-state index in [4.69, 9.17) is 0 Å². The molecule has 1 aliphatic heterocycles. The van der Waals surface area contributed by atoms with Gasteiger partial charge in [-0.15, -0.1) is 10.2 Å². The highest BCUT2D eigenvalue weighted by Gasteiger charge is 2.20. The molecule has 3 heterocycles. The normalized spacial score (nSPS) is 15.0. The molecule has 0 bridgehead atoms. The van der Waals surface area contributed by atoms with Gasteiger partial charge in [-0.1, -0.05) is 6.42 Å². The molecule has 140 valence electrons. The maximum atomic E-state index is 14.5. The first-order valence-corrected chi connectivity index (χ1v) is 9.15. The van der Waals surface area contributed by atoms with Crippen molar-refractivity contribution in [3.05, 3.63) is 48.3 Å². The minimum atomic E-state index is -0.474. The van der Waals surface area contributed by atoms with Crippen LogP contribution in [0, 0.1) is 5.82 Å². The molecular weight excluding hydrogens is 347 g/mol. The van der Waals surface area contributed by atoms with Crippen molar-refractivity contribution in [3.63, 3.8) is 0 Å². The van der Waals surface area contributed by atoms with E-state index in [0.29, 0.717) is 17.1 Å². The van der Waals surface area contributed by atoms with Crippen molar-refractivity contribution >= 4 is 11.6 Å². The van der Waals surface area contributed by atoms with Gasteiger partial charge in [0.25, 0.3) is 0 Å². The summed E-state index contributed by atoms with van der Waals surface area (Å²) in [5, 5.41) is 15.4. The molecule has 0 radical (unpaired) electrons. The van der Waals surface area contributed by atoms with Crippen LogP contribution in [0.15, 0.2) is 36.7 Å². The van der Waals surface area contributed by atoms with Crippen LogP contribution in [0.1, 0.15) is 38.1 Å². The van der Waals surface area contributed by atoms with Crippen LogP contribution < -0.4 is 5.32 Å². The molecule has 27 heavy (non-hydrogen) atoms. The minimum Gasteiger partial charge on any atom is -0.324 e. The summed E-state index contributed by atoms with van der Waals surface area (Å²) in [4.78, 5) is 12.5. The summed E-state index contributed by atoms with van der Waals surface area (Å²) >= 11 is 0. The first-order chi connectivity index (χ1) is 13.1. The highest BCUT2D eigenvalue weighted by atomic mass is 19.1. The second kappa shape index (κ2) is 7.30. The molecule has 4 rings (SSSR count). The average Bonchev–Trinajstić information content (AvgIpc) is 3.28. The van der Waals surface area contributed by atoms with E-state index < -0.39 is 6.04 Å². The number of halogens is 1. The van der Waals surface area contributed by atoms with Gasteiger partial charge < -0.3 is 9.88 Å². The molecule has 1 atom stereocenters. The third-order valence-electron chi connectivity index (χ3n) is 4.89. The van der Waals surface area contributed by atoms with Crippen molar-refractivity contribution in [2.45, 2.75) is 45.2 Å². The quantitative estimate of drug-likeness (QED) is 0.767. The molecule has 1 aliphatic rings. The van der Waals surface area contributed by atoms with Gasteiger partial charge in [0.15, 0.2) is 5.82 Å². The lowest BCUT2D eigenvalue weighted by atomic mass is 10.1. The molecule has 8 heteroatoms. The highest BCUT2D eigenvalue weighted by molar-refractivity contribution is 5.93. The number of anilines is 1. The van der Waals surface area contributed by atoms with E-state index in [1.807, 2.05) is 4.57 Å². The Hall–Kier alpha value is -3.03. The third kappa shape index (κ3) is 3.47. The van der Waals surface area contributed by atoms with Gasteiger partial charge in [0, 0.05) is 31.0 Å². The zero-order valence-electron chi connectivity index (χ0n) is 15.1. The van der Waals surface area contributed by atoms with E-state index in [9.17, 15) is 9.18 Å². The fourth-order valence-electron chi connectivity index (χ4n) is 3.34. The molecule has 0 spiro atoms. The molecule has 1 unspecified atom stereocenters. The van der Waals surface area contributed by atoms with Crippen molar-refractivity contribution in [2.75, 3.05) is 5.32 Å². The summed E-state index contributed by atoms with van der Waals surface area (Å²) in [6.07, 6.45) is 7.43. The highest BCUT2D eigenvalue weighted by Crippen LogP contribution is 2.27. The summed E-state index contributed by atoms with van der Waals surface area (Å²) in [6.45, 7) is 2.54. The molecule has 0 saturated heterocycles. The topological polar surface area (TPSA) is 77.6 Å². The van der Waals surface area contributed by atoms with E-state index in [2.05, 4.69) is 20.6 Å². The molecule has 3 aromatic rings. The van der Waals surface area contributed by atoms with Crippen molar-refractivity contribution in [2.24, 2.45) is 0 Å². The van der Waals surface area contributed by atoms with E-state index in [-0.39, 0.29) is 11.7 Å². The maximum absolute atomic E-state index is 14.5. The van der Waals surface area contributed by atoms with Crippen molar-refractivity contribution in [1.29, 1.82) is 0 Å². The fourth-order valence-corrected chi connectivity index (χ4v) is 3.34. The summed E-state index contributed by atoms with van der Waals surface area (Å²) in [6, 6.07) is 5.80. The Balaban J connectivity index is 1.61. The van der Waals surface area contributed by atoms with Crippen LogP contribution in [-0.4, -0.2) is 30.5 Å². The van der Waals surface area contributed by atoms with Gasteiger partial charge in [-0.3, -0.25) is 9.48 Å². The number of nitrogens with zero attached hydrogens (tertiary/aromatic N) is 5. The van der Waals surface area contributed by atoms with Crippen LogP contribution >= 0.6 is 0 Å². The number of benzene rings is 1. The number of aryl methyl sites for hydroxylation is 1. The Morgan fingerprint density at radius 1 is 1.26 bits per heavy atom. The maximum Gasteiger partial charge on any atom is 0.248 e.